The van der Waals surface area contributed by atoms with E-state index in [-0.39, 0.29) is 0 Å². The molecular formula is C15H27N3O. The summed E-state index contributed by atoms with van der Waals surface area (Å²) in [5, 5.41) is 0. The number of nitrogens with zero attached hydrogens (tertiary/aromatic N) is 2. The number of ether oxygens (including phenoxy) is 1. The van der Waals surface area contributed by atoms with E-state index in [1.54, 1.807) is 7.11 Å². The Morgan fingerprint density at radius 2 is 1.95 bits per heavy atom. The molecule has 0 fully saturated rings. The lowest BCUT2D eigenvalue weighted by atomic mass is 10.1. The van der Waals surface area contributed by atoms with E-state index in [0.717, 1.165) is 43.2 Å². The molecule has 0 radical (unpaired) electrons. The highest BCUT2D eigenvalue weighted by Gasteiger charge is 2.09. The third kappa shape index (κ3) is 5.49. The topological polar surface area (TPSA) is 41.7 Å². The highest BCUT2D eigenvalue weighted by Crippen LogP contribution is 2.22. The van der Waals surface area contributed by atoms with Gasteiger partial charge in [-0.25, -0.2) is 0 Å². The van der Waals surface area contributed by atoms with Crippen LogP contribution in [0.25, 0.3) is 0 Å². The summed E-state index contributed by atoms with van der Waals surface area (Å²) in [4.78, 5) is 4.63. The number of hydrogen-bond acceptors (Lipinski definition) is 4. The van der Waals surface area contributed by atoms with E-state index >= 15 is 0 Å². The standard InChI is InChI=1S/C15H27N3O/c1-5-18(10-6-9-17(2)3)12-13-11-14(16)7-8-15(13)19-4/h7-8,11H,5-6,9-10,12,16H2,1-4H3. The molecule has 0 bridgehead atoms. The molecule has 1 rings (SSSR count). The van der Waals surface area contributed by atoms with Crippen LogP contribution in [0.1, 0.15) is 18.9 Å². The fraction of sp³-hybridized carbons (Fsp3) is 0.600. The van der Waals surface area contributed by atoms with Crippen molar-refractivity contribution in [1.82, 2.24) is 9.80 Å². The Bertz CT molecular complexity index is 380. The lowest BCUT2D eigenvalue weighted by Gasteiger charge is -2.22. The summed E-state index contributed by atoms with van der Waals surface area (Å²) in [6.07, 6.45) is 1.17. The van der Waals surface area contributed by atoms with Gasteiger partial charge in [0.15, 0.2) is 0 Å². The predicted octanol–water partition coefficient (Wildman–Crippen LogP) is 2.05. The van der Waals surface area contributed by atoms with Crippen molar-refractivity contribution in [2.24, 2.45) is 0 Å². The van der Waals surface area contributed by atoms with Crippen molar-refractivity contribution >= 4 is 5.69 Å². The zero-order valence-electron chi connectivity index (χ0n) is 12.6. The van der Waals surface area contributed by atoms with E-state index in [4.69, 9.17) is 10.5 Å². The second-order valence-electron chi connectivity index (χ2n) is 5.10. The zero-order chi connectivity index (χ0) is 14.3. The molecule has 19 heavy (non-hydrogen) atoms. The maximum atomic E-state index is 5.86. The smallest absolute Gasteiger partial charge is 0.123 e. The van der Waals surface area contributed by atoms with Gasteiger partial charge in [0.25, 0.3) is 0 Å². The summed E-state index contributed by atoms with van der Waals surface area (Å²) in [6, 6.07) is 5.83. The minimum absolute atomic E-state index is 0.792. The second-order valence-corrected chi connectivity index (χ2v) is 5.10. The molecule has 0 unspecified atom stereocenters. The van der Waals surface area contributed by atoms with Gasteiger partial charge in [0.2, 0.25) is 0 Å². The highest BCUT2D eigenvalue weighted by molar-refractivity contribution is 5.47. The molecule has 4 heteroatoms. The van der Waals surface area contributed by atoms with E-state index in [2.05, 4.69) is 30.8 Å². The van der Waals surface area contributed by atoms with Gasteiger partial charge in [0.1, 0.15) is 5.75 Å². The Balaban J connectivity index is 2.61. The van der Waals surface area contributed by atoms with Gasteiger partial charge < -0.3 is 15.4 Å². The third-order valence-corrected chi connectivity index (χ3v) is 3.23. The fourth-order valence-corrected chi connectivity index (χ4v) is 2.12. The molecule has 0 heterocycles. The first-order valence-electron chi connectivity index (χ1n) is 6.86. The van der Waals surface area contributed by atoms with Gasteiger partial charge in [0, 0.05) is 17.8 Å². The van der Waals surface area contributed by atoms with Crippen LogP contribution >= 0.6 is 0 Å². The van der Waals surface area contributed by atoms with E-state index in [0.29, 0.717) is 0 Å². The van der Waals surface area contributed by atoms with Crippen molar-refractivity contribution in [3.05, 3.63) is 23.8 Å². The molecular weight excluding hydrogens is 238 g/mol. The van der Waals surface area contributed by atoms with Crippen LogP contribution in [0.5, 0.6) is 5.75 Å². The van der Waals surface area contributed by atoms with Crippen LogP contribution in [-0.2, 0) is 6.54 Å². The molecule has 108 valence electrons. The Morgan fingerprint density at radius 3 is 2.53 bits per heavy atom. The van der Waals surface area contributed by atoms with Crippen molar-refractivity contribution in [2.75, 3.05) is 46.6 Å². The minimum atomic E-state index is 0.792. The molecule has 0 aromatic heterocycles. The molecule has 0 amide bonds. The molecule has 2 N–H and O–H groups in total. The van der Waals surface area contributed by atoms with E-state index < -0.39 is 0 Å². The molecule has 0 saturated heterocycles. The predicted molar refractivity (Wildman–Crippen MR) is 81.5 cm³/mol. The van der Waals surface area contributed by atoms with Crippen molar-refractivity contribution < 1.29 is 4.74 Å². The average Bonchev–Trinajstić information content (AvgIpc) is 2.37. The van der Waals surface area contributed by atoms with Crippen molar-refractivity contribution in [1.29, 1.82) is 0 Å². The SMILES string of the molecule is CCN(CCCN(C)C)Cc1cc(N)ccc1OC. The van der Waals surface area contributed by atoms with Crippen molar-refractivity contribution in [3.63, 3.8) is 0 Å². The number of methoxy groups -OCH3 is 1. The fourth-order valence-electron chi connectivity index (χ4n) is 2.12. The van der Waals surface area contributed by atoms with Gasteiger partial charge in [0.05, 0.1) is 7.11 Å². The maximum absolute atomic E-state index is 5.86. The van der Waals surface area contributed by atoms with Crippen molar-refractivity contribution in [2.45, 2.75) is 19.9 Å². The van der Waals surface area contributed by atoms with Crippen LogP contribution in [0, 0.1) is 0 Å². The largest absolute Gasteiger partial charge is 0.496 e. The average molecular weight is 265 g/mol. The molecule has 0 atom stereocenters. The first-order valence-corrected chi connectivity index (χ1v) is 6.86. The Morgan fingerprint density at radius 1 is 1.21 bits per heavy atom. The van der Waals surface area contributed by atoms with Gasteiger partial charge in [-0.1, -0.05) is 6.92 Å². The summed E-state index contributed by atoms with van der Waals surface area (Å²) < 4.78 is 5.40. The lowest BCUT2D eigenvalue weighted by molar-refractivity contribution is 0.255. The zero-order valence-corrected chi connectivity index (χ0v) is 12.6. The monoisotopic (exact) mass is 265 g/mol. The number of hydrogen-bond donors (Lipinski definition) is 1. The first kappa shape index (κ1) is 15.8. The van der Waals surface area contributed by atoms with E-state index in [9.17, 15) is 0 Å². The normalized spacial score (nSPS) is 11.3. The maximum Gasteiger partial charge on any atom is 0.123 e. The molecule has 1 aromatic rings. The Labute approximate surface area is 117 Å². The molecule has 4 nitrogen and oxygen atoms in total. The van der Waals surface area contributed by atoms with Gasteiger partial charge >= 0.3 is 0 Å². The summed E-state index contributed by atoms with van der Waals surface area (Å²) >= 11 is 0. The molecule has 0 aliphatic carbocycles. The Hall–Kier alpha value is -1.26. The number of benzene rings is 1. The summed E-state index contributed by atoms with van der Waals surface area (Å²) in [5.74, 6) is 0.917. The number of anilines is 1. The molecule has 0 aliphatic heterocycles. The number of nitrogen functional groups attached to an aromatic ring is 1. The summed E-state index contributed by atoms with van der Waals surface area (Å²) in [7, 11) is 5.92. The molecule has 0 aliphatic rings. The van der Waals surface area contributed by atoms with E-state index in [1.807, 2.05) is 18.2 Å². The van der Waals surface area contributed by atoms with E-state index in [1.165, 1.54) is 6.42 Å². The molecule has 1 aromatic carbocycles. The van der Waals surface area contributed by atoms with Crippen LogP contribution in [-0.4, -0.2) is 50.6 Å². The van der Waals surface area contributed by atoms with Crippen LogP contribution in [0.3, 0.4) is 0 Å². The van der Waals surface area contributed by atoms with Crippen LogP contribution in [0.4, 0.5) is 5.69 Å². The quantitative estimate of drug-likeness (QED) is 0.731. The van der Waals surface area contributed by atoms with Crippen LogP contribution < -0.4 is 10.5 Å². The Kier molecular flexibility index (Phi) is 6.67. The third-order valence-electron chi connectivity index (χ3n) is 3.23. The van der Waals surface area contributed by atoms with Crippen LogP contribution in [0.15, 0.2) is 18.2 Å². The summed E-state index contributed by atoms with van der Waals surface area (Å²) in [5.41, 5.74) is 7.81. The van der Waals surface area contributed by atoms with Gasteiger partial charge in [-0.15, -0.1) is 0 Å². The number of rotatable bonds is 8. The van der Waals surface area contributed by atoms with Gasteiger partial charge in [-0.3, -0.25) is 4.90 Å². The lowest BCUT2D eigenvalue weighted by Crippen LogP contribution is -2.27. The second kappa shape index (κ2) is 8.02. The molecule has 0 saturated carbocycles. The van der Waals surface area contributed by atoms with Crippen LogP contribution in [0.2, 0.25) is 0 Å². The number of nitrogens with two attached hydrogens (primary N) is 1. The van der Waals surface area contributed by atoms with Gasteiger partial charge in [-0.2, -0.15) is 0 Å². The van der Waals surface area contributed by atoms with Crippen molar-refractivity contribution in [3.8, 4) is 5.75 Å². The minimum Gasteiger partial charge on any atom is -0.496 e. The van der Waals surface area contributed by atoms with Gasteiger partial charge in [-0.05, 0) is 58.3 Å². The molecule has 0 spiro atoms. The highest BCUT2D eigenvalue weighted by atomic mass is 16.5. The summed E-state index contributed by atoms with van der Waals surface area (Å²) in [6.45, 7) is 6.31. The first-order chi connectivity index (χ1) is 9.06.